The first-order valence-electron chi connectivity index (χ1n) is 6.63. The number of carbonyl (C=O) groups is 1. The smallest absolute Gasteiger partial charge is 0.244 e. The maximum Gasteiger partial charge on any atom is 0.244 e. The monoisotopic (exact) mass is 273 g/mol. The summed E-state index contributed by atoms with van der Waals surface area (Å²) < 4.78 is 1.53. The molecule has 0 saturated heterocycles. The molecule has 2 N–H and O–H groups in total. The van der Waals surface area contributed by atoms with E-state index in [1.807, 2.05) is 37.3 Å². The second kappa shape index (κ2) is 6.81. The average Bonchev–Trinajstić information content (AvgIpc) is 2.93. The number of nitrogens with two attached hydrogens (primary N) is 1. The highest BCUT2D eigenvalue weighted by Gasteiger charge is 2.13. The van der Waals surface area contributed by atoms with Gasteiger partial charge in [0.25, 0.3) is 0 Å². The van der Waals surface area contributed by atoms with E-state index in [1.165, 1.54) is 4.68 Å². The fourth-order valence-corrected chi connectivity index (χ4v) is 1.93. The lowest BCUT2D eigenvalue weighted by molar-refractivity contribution is -0.132. The Kier molecular flexibility index (Phi) is 4.84. The van der Waals surface area contributed by atoms with Crippen molar-refractivity contribution in [1.82, 2.24) is 19.9 Å². The largest absolute Gasteiger partial charge is 0.337 e. The first kappa shape index (κ1) is 14.2. The van der Waals surface area contributed by atoms with E-state index < -0.39 is 0 Å². The standard InChI is InChI=1S/C14H19N5O/c1-2-18(9-12-6-4-3-5-7-12)14(20)11-19-10-13(8-15)16-17-19/h3-7,10H,2,8-9,11,15H2,1H3. The maximum absolute atomic E-state index is 12.3. The van der Waals surface area contributed by atoms with E-state index in [0.29, 0.717) is 25.3 Å². The third kappa shape index (κ3) is 3.64. The third-order valence-corrected chi connectivity index (χ3v) is 3.04. The van der Waals surface area contributed by atoms with Gasteiger partial charge in [-0.3, -0.25) is 4.79 Å². The van der Waals surface area contributed by atoms with Crippen LogP contribution in [0.5, 0.6) is 0 Å². The number of rotatable bonds is 6. The fraction of sp³-hybridized carbons (Fsp3) is 0.357. The average molecular weight is 273 g/mol. The molecule has 0 unspecified atom stereocenters. The van der Waals surface area contributed by atoms with Crippen LogP contribution in [0.15, 0.2) is 36.5 Å². The van der Waals surface area contributed by atoms with Gasteiger partial charge in [0.2, 0.25) is 5.91 Å². The molecule has 0 saturated carbocycles. The summed E-state index contributed by atoms with van der Waals surface area (Å²) in [4.78, 5) is 14.0. The van der Waals surface area contributed by atoms with Gasteiger partial charge >= 0.3 is 0 Å². The number of benzene rings is 1. The normalized spacial score (nSPS) is 10.5. The summed E-state index contributed by atoms with van der Waals surface area (Å²) >= 11 is 0. The van der Waals surface area contributed by atoms with Crippen molar-refractivity contribution < 1.29 is 4.79 Å². The summed E-state index contributed by atoms with van der Waals surface area (Å²) in [5.41, 5.74) is 7.27. The quantitative estimate of drug-likeness (QED) is 0.844. The number of amides is 1. The minimum absolute atomic E-state index is 0.0184. The van der Waals surface area contributed by atoms with E-state index >= 15 is 0 Å². The van der Waals surface area contributed by atoms with E-state index in [9.17, 15) is 4.79 Å². The first-order chi connectivity index (χ1) is 9.72. The summed E-state index contributed by atoms with van der Waals surface area (Å²) in [5.74, 6) is 0.0184. The predicted molar refractivity (Wildman–Crippen MR) is 75.4 cm³/mol. The molecule has 1 amide bonds. The van der Waals surface area contributed by atoms with Crippen molar-refractivity contribution in [1.29, 1.82) is 0 Å². The molecule has 6 nitrogen and oxygen atoms in total. The molecular formula is C14H19N5O. The highest BCUT2D eigenvalue weighted by Crippen LogP contribution is 2.05. The van der Waals surface area contributed by atoms with Crippen molar-refractivity contribution in [2.24, 2.45) is 5.73 Å². The van der Waals surface area contributed by atoms with E-state index in [0.717, 1.165) is 5.56 Å². The molecule has 1 aromatic heterocycles. The van der Waals surface area contributed by atoms with Crippen molar-refractivity contribution in [2.45, 2.75) is 26.6 Å². The van der Waals surface area contributed by atoms with E-state index in [-0.39, 0.29) is 12.5 Å². The SMILES string of the molecule is CCN(Cc1ccccc1)C(=O)Cn1cc(CN)nn1. The minimum Gasteiger partial charge on any atom is -0.337 e. The molecule has 0 aliphatic carbocycles. The Morgan fingerprint density at radius 2 is 2.10 bits per heavy atom. The van der Waals surface area contributed by atoms with E-state index in [4.69, 9.17) is 5.73 Å². The van der Waals surface area contributed by atoms with Gasteiger partial charge in [-0.15, -0.1) is 5.10 Å². The number of hydrogen-bond acceptors (Lipinski definition) is 4. The Morgan fingerprint density at radius 3 is 2.70 bits per heavy atom. The zero-order chi connectivity index (χ0) is 14.4. The Bertz CT molecular complexity index is 552. The highest BCUT2D eigenvalue weighted by atomic mass is 16.2. The molecule has 0 atom stereocenters. The molecule has 0 aliphatic heterocycles. The fourth-order valence-electron chi connectivity index (χ4n) is 1.93. The van der Waals surface area contributed by atoms with Crippen LogP contribution in [-0.2, 0) is 24.4 Å². The second-order valence-corrected chi connectivity index (χ2v) is 4.51. The molecule has 0 spiro atoms. The summed E-state index contributed by atoms with van der Waals surface area (Å²) in [7, 11) is 0. The molecule has 0 bridgehead atoms. The molecule has 1 aromatic carbocycles. The summed E-state index contributed by atoms with van der Waals surface area (Å²) in [5, 5.41) is 7.76. The lowest BCUT2D eigenvalue weighted by Crippen LogP contribution is -2.33. The highest BCUT2D eigenvalue weighted by molar-refractivity contribution is 5.75. The molecule has 20 heavy (non-hydrogen) atoms. The van der Waals surface area contributed by atoms with E-state index in [1.54, 1.807) is 11.1 Å². The molecule has 106 valence electrons. The van der Waals surface area contributed by atoms with Gasteiger partial charge in [-0.05, 0) is 12.5 Å². The molecule has 0 aliphatic rings. The topological polar surface area (TPSA) is 77.0 Å². The molecule has 2 aromatic rings. The zero-order valence-corrected chi connectivity index (χ0v) is 11.6. The summed E-state index contributed by atoms with van der Waals surface area (Å²) in [6.07, 6.45) is 1.70. The lowest BCUT2D eigenvalue weighted by Gasteiger charge is -2.20. The van der Waals surface area contributed by atoms with Crippen LogP contribution in [0.2, 0.25) is 0 Å². The van der Waals surface area contributed by atoms with Gasteiger partial charge in [-0.25, -0.2) is 4.68 Å². The van der Waals surface area contributed by atoms with Crippen molar-refractivity contribution in [2.75, 3.05) is 6.54 Å². The molecule has 0 radical (unpaired) electrons. The van der Waals surface area contributed by atoms with Gasteiger partial charge in [0.15, 0.2) is 0 Å². The van der Waals surface area contributed by atoms with Crippen LogP contribution in [0.3, 0.4) is 0 Å². The first-order valence-corrected chi connectivity index (χ1v) is 6.63. The van der Waals surface area contributed by atoms with Crippen LogP contribution < -0.4 is 5.73 Å². The van der Waals surface area contributed by atoms with Gasteiger partial charge in [0, 0.05) is 19.6 Å². The predicted octanol–water partition coefficient (Wildman–Crippen LogP) is 0.785. The molecule has 6 heteroatoms. The molecule has 2 rings (SSSR count). The summed E-state index contributed by atoms with van der Waals surface area (Å²) in [6, 6.07) is 9.93. The molecule has 1 heterocycles. The van der Waals surface area contributed by atoms with Crippen LogP contribution >= 0.6 is 0 Å². The minimum atomic E-state index is 0.0184. The number of aromatic nitrogens is 3. The van der Waals surface area contributed by atoms with Crippen LogP contribution in [0.1, 0.15) is 18.2 Å². The van der Waals surface area contributed by atoms with Crippen LogP contribution in [0, 0.1) is 0 Å². The van der Waals surface area contributed by atoms with Crippen LogP contribution in [-0.4, -0.2) is 32.3 Å². The van der Waals surface area contributed by atoms with Gasteiger partial charge < -0.3 is 10.6 Å². The lowest BCUT2D eigenvalue weighted by atomic mass is 10.2. The Labute approximate surface area is 118 Å². The number of nitrogens with zero attached hydrogens (tertiary/aromatic N) is 4. The third-order valence-electron chi connectivity index (χ3n) is 3.04. The molecule has 0 fully saturated rings. The Morgan fingerprint density at radius 1 is 1.35 bits per heavy atom. The van der Waals surface area contributed by atoms with Gasteiger partial charge in [-0.2, -0.15) is 0 Å². The number of carbonyl (C=O) groups excluding carboxylic acids is 1. The zero-order valence-electron chi connectivity index (χ0n) is 11.6. The van der Waals surface area contributed by atoms with Gasteiger partial charge in [-0.1, -0.05) is 35.5 Å². The Balaban J connectivity index is 1.98. The van der Waals surface area contributed by atoms with Crippen LogP contribution in [0.25, 0.3) is 0 Å². The molecular weight excluding hydrogens is 254 g/mol. The van der Waals surface area contributed by atoms with Gasteiger partial charge in [0.05, 0.1) is 11.9 Å². The summed E-state index contributed by atoms with van der Waals surface area (Å²) in [6.45, 7) is 3.75. The van der Waals surface area contributed by atoms with Crippen molar-refractivity contribution >= 4 is 5.91 Å². The van der Waals surface area contributed by atoms with Crippen molar-refractivity contribution in [3.63, 3.8) is 0 Å². The van der Waals surface area contributed by atoms with E-state index in [2.05, 4.69) is 10.3 Å². The van der Waals surface area contributed by atoms with Crippen LogP contribution in [0.4, 0.5) is 0 Å². The van der Waals surface area contributed by atoms with Crippen molar-refractivity contribution in [3.05, 3.63) is 47.8 Å². The number of hydrogen-bond donors (Lipinski definition) is 1. The Hall–Kier alpha value is -2.21. The second-order valence-electron chi connectivity index (χ2n) is 4.51. The van der Waals surface area contributed by atoms with Gasteiger partial charge in [0.1, 0.15) is 6.54 Å². The number of likely N-dealkylation sites (N-methyl/N-ethyl adjacent to an activating group) is 1. The maximum atomic E-state index is 12.3. The van der Waals surface area contributed by atoms with Crippen molar-refractivity contribution in [3.8, 4) is 0 Å².